The van der Waals surface area contributed by atoms with E-state index < -0.39 is 0 Å². The van der Waals surface area contributed by atoms with Gasteiger partial charge < -0.3 is 14.4 Å². The molecule has 2 aromatic carbocycles. The number of rotatable bonds is 11. The first-order valence-corrected chi connectivity index (χ1v) is 11.0. The second-order valence-corrected chi connectivity index (χ2v) is 7.33. The lowest BCUT2D eigenvalue weighted by Crippen LogP contribution is -2.43. The summed E-state index contributed by atoms with van der Waals surface area (Å²) in [6.45, 7) is 5.68. The number of carbonyl (C=O) groups is 2. The van der Waals surface area contributed by atoms with Gasteiger partial charge in [0.25, 0.3) is 5.91 Å². The maximum absolute atomic E-state index is 12.7. The van der Waals surface area contributed by atoms with Gasteiger partial charge in [0.15, 0.2) is 5.11 Å². The molecule has 7 heteroatoms. The van der Waals surface area contributed by atoms with Crippen LogP contribution in [-0.4, -0.2) is 41.6 Å². The van der Waals surface area contributed by atoms with Gasteiger partial charge in [-0.3, -0.25) is 14.9 Å². The number of amides is 1. The zero-order valence-corrected chi connectivity index (χ0v) is 19.0. The number of unbranched alkanes of at least 4 members (excludes halogenated alkanes) is 1. The van der Waals surface area contributed by atoms with Crippen molar-refractivity contribution in [3.63, 3.8) is 0 Å². The van der Waals surface area contributed by atoms with Crippen molar-refractivity contribution in [2.75, 3.05) is 19.8 Å². The summed E-state index contributed by atoms with van der Waals surface area (Å²) in [6.07, 6.45) is 2.23. The van der Waals surface area contributed by atoms with E-state index >= 15 is 0 Å². The van der Waals surface area contributed by atoms with Crippen molar-refractivity contribution >= 4 is 29.2 Å². The molecule has 0 aliphatic heterocycles. The number of hydrogen-bond acceptors (Lipinski definition) is 5. The summed E-state index contributed by atoms with van der Waals surface area (Å²) in [5.74, 6) is 0.125. The van der Waals surface area contributed by atoms with Crippen molar-refractivity contribution in [1.29, 1.82) is 0 Å². The number of hydrogen-bond donors (Lipinski definition) is 1. The number of carbonyl (C=O) groups excluding carboxylic acids is 2. The molecule has 166 valence electrons. The highest BCUT2D eigenvalue weighted by molar-refractivity contribution is 7.80. The molecule has 0 saturated heterocycles. The van der Waals surface area contributed by atoms with Gasteiger partial charge in [-0.1, -0.05) is 43.7 Å². The molecular formula is C24H30N2O4S. The molecule has 31 heavy (non-hydrogen) atoms. The fourth-order valence-corrected chi connectivity index (χ4v) is 3.05. The molecule has 0 aliphatic carbocycles. The van der Waals surface area contributed by atoms with Crippen molar-refractivity contribution in [1.82, 2.24) is 10.2 Å². The Balaban J connectivity index is 2.00. The third kappa shape index (κ3) is 8.76. The van der Waals surface area contributed by atoms with E-state index in [1.807, 2.05) is 30.3 Å². The molecule has 0 fully saturated rings. The summed E-state index contributed by atoms with van der Waals surface area (Å²) in [5.41, 5.74) is 1.51. The van der Waals surface area contributed by atoms with E-state index in [2.05, 4.69) is 12.2 Å². The standard InChI is InChI=1S/C24H30N2O4S/c1-3-5-17-30-21-13-11-20(12-14-21)23(28)25-24(31)26(16-15-22(27)29-4-2)18-19-9-7-6-8-10-19/h6-14H,3-5,15-18H2,1-2H3,(H,25,28,31). The van der Waals surface area contributed by atoms with Crippen molar-refractivity contribution < 1.29 is 19.1 Å². The van der Waals surface area contributed by atoms with E-state index in [0.717, 1.165) is 24.2 Å². The summed E-state index contributed by atoms with van der Waals surface area (Å²) >= 11 is 5.48. The molecule has 0 atom stereocenters. The van der Waals surface area contributed by atoms with Crippen LogP contribution in [-0.2, 0) is 16.1 Å². The predicted molar refractivity (Wildman–Crippen MR) is 125 cm³/mol. The molecule has 0 heterocycles. The molecular weight excluding hydrogens is 412 g/mol. The van der Waals surface area contributed by atoms with Gasteiger partial charge in [0, 0.05) is 18.7 Å². The van der Waals surface area contributed by atoms with Gasteiger partial charge in [-0.15, -0.1) is 0 Å². The van der Waals surface area contributed by atoms with Gasteiger partial charge in [-0.05, 0) is 55.4 Å². The zero-order valence-electron chi connectivity index (χ0n) is 18.1. The van der Waals surface area contributed by atoms with Crippen LogP contribution in [0.3, 0.4) is 0 Å². The van der Waals surface area contributed by atoms with Crippen LogP contribution in [0.2, 0.25) is 0 Å². The number of esters is 1. The van der Waals surface area contributed by atoms with E-state index in [1.165, 1.54) is 0 Å². The fraction of sp³-hybridized carbons (Fsp3) is 0.375. The second-order valence-electron chi connectivity index (χ2n) is 6.95. The molecule has 6 nitrogen and oxygen atoms in total. The first-order valence-electron chi connectivity index (χ1n) is 10.6. The third-order valence-electron chi connectivity index (χ3n) is 4.50. The van der Waals surface area contributed by atoms with E-state index in [4.69, 9.17) is 21.7 Å². The summed E-state index contributed by atoms with van der Waals surface area (Å²) < 4.78 is 10.6. The van der Waals surface area contributed by atoms with E-state index in [1.54, 1.807) is 36.1 Å². The van der Waals surface area contributed by atoms with Crippen molar-refractivity contribution in [2.24, 2.45) is 0 Å². The highest BCUT2D eigenvalue weighted by Gasteiger charge is 2.16. The van der Waals surface area contributed by atoms with Crippen LogP contribution in [0.15, 0.2) is 54.6 Å². The lowest BCUT2D eigenvalue weighted by molar-refractivity contribution is -0.143. The topological polar surface area (TPSA) is 67.9 Å². The molecule has 0 radical (unpaired) electrons. The molecule has 1 amide bonds. The van der Waals surface area contributed by atoms with Gasteiger partial charge in [-0.25, -0.2) is 0 Å². The lowest BCUT2D eigenvalue weighted by Gasteiger charge is -2.25. The zero-order chi connectivity index (χ0) is 22.5. The first kappa shape index (κ1) is 24.3. The highest BCUT2D eigenvalue weighted by atomic mass is 32.1. The van der Waals surface area contributed by atoms with Gasteiger partial charge in [-0.2, -0.15) is 0 Å². The largest absolute Gasteiger partial charge is 0.494 e. The number of nitrogens with one attached hydrogen (secondary N) is 1. The normalized spacial score (nSPS) is 10.3. The Morgan fingerprint density at radius 2 is 1.74 bits per heavy atom. The Kier molecular flexibility index (Phi) is 10.5. The average molecular weight is 443 g/mol. The Morgan fingerprint density at radius 3 is 2.39 bits per heavy atom. The van der Waals surface area contributed by atoms with Crippen LogP contribution >= 0.6 is 12.2 Å². The predicted octanol–water partition coefficient (Wildman–Crippen LogP) is 4.34. The molecule has 2 rings (SSSR count). The Hall–Kier alpha value is -2.93. The van der Waals surface area contributed by atoms with E-state index in [-0.39, 0.29) is 23.4 Å². The summed E-state index contributed by atoms with van der Waals surface area (Å²) in [4.78, 5) is 26.3. The highest BCUT2D eigenvalue weighted by Crippen LogP contribution is 2.13. The summed E-state index contributed by atoms with van der Waals surface area (Å²) in [6, 6.07) is 16.7. The molecule has 0 saturated carbocycles. The molecule has 2 aromatic rings. The van der Waals surface area contributed by atoms with Crippen molar-refractivity contribution in [3.8, 4) is 5.75 Å². The number of benzene rings is 2. The molecule has 1 N–H and O–H groups in total. The SMILES string of the molecule is CCCCOc1ccc(C(=O)NC(=S)N(CCC(=O)OCC)Cc2ccccc2)cc1. The molecule has 0 unspecified atom stereocenters. The van der Waals surface area contributed by atoms with Crippen LogP contribution in [0.25, 0.3) is 0 Å². The quantitative estimate of drug-likeness (QED) is 0.317. The molecule has 0 aromatic heterocycles. The van der Waals surface area contributed by atoms with Gasteiger partial charge in [0.2, 0.25) is 0 Å². The number of thiocarbonyl (C=S) groups is 1. The van der Waals surface area contributed by atoms with Crippen LogP contribution in [0.1, 0.15) is 49.0 Å². The van der Waals surface area contributed by atoms with Gasteiger partial charge in [0.1, 0.15) is 5.75 Å². The van der Waals surface area contributed by atoms with Crippen molar-refractivity contribution in [3.05, 3.63) is 65.7 Å². The Labute approximate surface area is 189 Å². The maximum Gasteiger partial charge on any atom is 0.307 e. The van der Waals surface area contributed by atoms with Crippen LogP contribution < -0.4 is 10.1 Å². The minimum absolute atomic E-state index is 0.181. The van der Waals surface area contributed by atoms with Crippen molar-refractivity contribution in [2.45, 2.75) is 39.7 Å². The minimum atomic E-state index is -0.306. The van der Waals surface area contributed by atoms with Gasteiger partial charge in [0.05, 0.1) is 19.6 Å². The molecule has 0 aliphatic rings. The smallest absolute Gasteiger partial charge is 0.307 e. The minimum Gasteiger partial charge on any atom is -0.494 e. The number of nitrogens with zero attached hydrogens (tertiary/aromatic N) is 1. The molecule has 0 bridgehead atoms. The summed E-state index contributed by atoms with van der Waals surface area (Å²) in [7, 11) is 0. The number of ether oxygens (including phenoxy) is 2. The van der Waals surface area contributed by atoms with Crippen LogP contribution in [0, 0.1) is 0 Å². The summed E-state index contributed by atoms with van der Waals surface area (Å²) in [5, 5.41) is 3.03. The first-order chi connectivity index (χ1) is 15.0. The fourth-order valence-electron chi connectivity index (χ4n) is 2.80. The average Bonchev–Trinajstić information content (AvgIpc) is 2.78. The molecule has 0 spiro atoms. The monoisotopic (exact) mass is 442 g/mol. The maximum atomic E-state index is 12.7. The van der Waals surface area contributed by atoms with E-state index in [0.29, 0.717) is 31.9 Å². The second kappa shape index (κ2) is 13.4. The van der Waals surface area contributed by atoms with E-state index in [9.17, 15) is 9.59 Å². The lowest BCUT2D eigenvalue weighted by atomic mass is 10.2. The third-order valence-corrected chi connectivity index (χ3v) is 4.86. The Bertz CT molecular complexity index is 840. The van der Waals surface area contributed by atoms with Crippen LogP contribution in [0.5, 0.6) is 5.75 Å². The Morgan fingerprint density at radius 1 is 1.03 bits per heavy atom. The van der Waals surface area contributed by atoms with Crippen LogP contribution in [0.4, 0.5) is 0 Å². The van der Waals surface area contributed by atoms with Gasteiger partial charge >= 0.3 is 5.97 Å².